The number of alkyl halides is 1. The fourth-order valence-corrected chi connectivity index (χ4v) is 8.53. The minimum atomic E-state index is -1.39. The van der Waals surface area contributed by atoms with Gasteiger partial charge in [0.05, 0.1) is 16.5 Å². The third-order valence-corrected chi connectivity index (χ3v) is 9.89. The standard InChI is InChI=1S/C20H25FO2S/c1-17-8-6-13(22)10-12(17)4-5-15-14-7-9-18(2)19(14,24-3)11-16(23-18)20(15,17)21/h6,8,10,14-16H,4-5,7,9,11H2,1-3H3/t14-,15-,16-,17-,18-,19-,20-/m0/s1. The molecule has 1 heterocycles. The van der Waals surface area contributed by atoms with Gasteiger partial charge in [-0.3, -0.25) is 4.79 Å². The Morgan fingerprint density at radius 1 is 1.29 bits per heavy atom. The van der Waals surface area contributed by atoms with Gasteiger partial charge in [0.15, 0.2) is 11.5 Å². The van der Waals surface area contributed by atoms with Crippen LogP contribution in [-0.2, 0) is 9.53 Å². The zero-order chi connectivity index (χ0) is 17.0. The smallest absolute Gasteiger partial charge is 0.178 e. The zero-order valence-corrected chi connectivity index (χ0v) is 15.4. The van der Waals surface area contributed by atoms with E-state index in [2.05, 4.69) is 13.2 Å². The molecule has 0 N–H and O–H groups in total. The summed E-state index contributed by atoms with van der Waals surface area (Å²) in [7, 11) is 0. The molecule has 0 amide bonds. The van der Waals surface area contributed by atoms with Crippen molar-refractivity contribution in [2.45, 2.75) is 68.1 Å². The Labute approximate surface area is 147 Å². The van der Waals surface area contributed by atoms with Gasteiger partial charge in [0.2, 0.25) is 0 Å². The topological polar surface area (TPSA) is 26.3 Å². The molecule has 4 heteroatoms. The van der Waals surface area contributed by atoms with E-state index in [0.717, 1.165) is 37.7 Å². The minimum Gasteiger partial charge on any atom is -0.367 e. The van der Waals surface area contributed by atoms with Crippen molar-refractivity contribution in [3.8, 4) is 0 Å². The largest absolute Gasteiger partial charge is 0.367 e. The van der Waals surface area contributed by atoms with Crippen molar-refractivity contribution >= 4 is 17.5 Å². The first-order chi connectivity index (χ1) is 11.3. The Hall–Kier alpha value is -0.610. The monoisotopic (exact) mass is 348 g/mol. The molecule has 3 saturated carbocycles. The van der Waals surface area contributed by atoms with Crippen molar-refractivity contribution in [3.63, 3.8) is 0 Å². The average Bonchev–Trinajstić information content (AvgIpc) is 2.97. The van der Waals surface area contributed by atoms with Crippen LogP contribution in [0.25, 0.3) is 0 Å². The SMILES string of the molecule is CS[C@]12C[C@@H]3O[C@@]1(C)CC[C@H]2[C@@H]1CCC2=CC(=O)C=C[C@]2(C)[C@@]31F. The molecule has 2 nitrogen and oxygen atoms in total. The van der Waals surface area contributed by atoms with Gasteiger partial charge < -0.3 is 4.74 Å². The van der Waals surface area contributed by atoms with Crippen LogP contribution in [0.1, 0.15) is 46.0 Å². The first-order valence-electron chi connectivity index (χ1n) is 9.17. The van der Waals surface area contributed by atoms with Crippen molar-refractivity contribution in [3.05, 3.63) is 23.8 Å². The van der Waals surface area contributed by atoms with Crippen LogP contribution in [-0.4, -0.2) is 34.2 Å². The number of carbonyl (C=O) groups is 1. The summed E-state index contributed by atoms with van der Waals surface area (Å²) in [6, 6.07) is 0. The van der Waals surface area contributed by atoms with E-state index in [1.807, 2.05) is 24.8 Å². The molecule has 5 rings (SSSR count). The molecule has 24 heavy (non-hydrogen) atoms. The molecule has 4 aliphatic carbocycles. The van der Waals surface area contributed by atoms with E-state index in [-0.39, 0.29) is 28.2 Å². The quantitative estimate of drug-likeness (QED) is 0.709. The van der Waals surface area contributed by atoms with Crippen LogP contribution in [0.5, 0.6) is 0 Å². The second-order valence-corrected chi connectivity index (χ2v) is 9.94. The van der Waals surface area contributed by atoms with Crippen LogP contribution in [0.3, 0.4) is 0 Å². The van der Waals surface area contributed by atoms with E-state index in [4.69, 9.17) is 4.74 Å². The third kappa shape index (κ3) is 1.41. The summed E-state index contributed by atoms with van der Waals surface area (Å²) in [6.45, 7) is 4.21. The van der Waals surface area contributed by atoms with E-state index in [9.17, 15) is 4.79 Å². The first kappa shape index (κ1) is 15.6. The lowest BCUT2D eigenvalue weighted by molar-refractivity contribution is -0.168. The molecule has 0 unspecified atom stereocenters. The fraction of sp³-hybridized carbons (Fsp3) is 0.750. The Morgan fingerprint density at radius 2 is 2.08 bits per heavy atom. The van der Waals surface area contributed by atoms with Gasteiger partial charge in [-0.1, -0.05) is 11.6 Å². The molecule has 130 valence electrons. The van der Waals surface area contributed by atoms with E-state index < -0.39 is 11.1 Å². The van der Waals surface area contributed by atoms with Gasteiger partial charge in [-0.25, -0.2) is 4.39 Å². The molecule has 7 atom stereocenters. The summed E-state index contributed by atoms with van der Waals surface area (Å²) >= 11 is 1.92. The number of carbonyl (C=O) groups excluding carboxylic acids is 1. The molecular formula is C20H25FO2S. The first-order valence-corrected chi connectivity index (χ1v) is 10.4. The maximum absolute atomic E-state index is 17.0. The average molecular weight is 348 g/mol. The maximum atomic E-state index is 17.0. The van der Waals surface area contributed by atoms with Gasteiger partial charge in [0.1, 0.15) is 0 Å². The van der Waals surface area contributed by atoms with Crippen molar-refractivity contribution < 1.29 is 13.9 Å². The third-order valence-electron chi connectivity index (χ3n) is 8.26. The van der Waals surface area contributed by atoms with Crippen molar-refractivity contribution in [2.75, 3.05) is 6.26 Å². The number of hydrogen-bond acceptors (Lipinski definition) is 3. The Morgan fingerprint density at radius 3 is 2.83 bits per heavy atom. The number of rotatable bonds is 1. The molecule has 1 saturated heterocycles. The molecule has 0 aromatic rings. The van der Waals surface area contributed by atoms with E-state index in [1.54, 1.807) is 12.2 Å². The predicted molar refractivity (Wildman–Crippen MR) is 93.8 cm³/mol. The molecule has 0 spiro atoms. The lowest BCUT2D eigenvalue weighted by Gasteiger charge is -2.59. The number of ether oxygens (including phenoxy) is 1. The maximum Gasteiger partial charge on any atom is 0.178 e. The van der Waals surface area contributed by atoms with E-state index in [0.29, 0.717) is 5.92 Å². The lowest BCUT2D eigenvalue weighted by atomic mass is 9.48. The molecule has 0 aromatic carbocycles. The number of halogens is 1. The molecule has 2 bridgehead atoms. The highest BCUT2D eigenvalue weighted by Gasteiger charge is 2.78. The summed E-state index contributed by atoms with van der Waals surface area (Å²) in [6.07, 6.45) is 11.5. The predicted octanol–water partition coefficient (Wildman–Crippen LogP) is 4.25. The number of ketones is 1. The van der Waals surface area contributed by atoms with E-state index in [1.165, 1.54) is 0 Å². The Bertz CT molecular complexity index is 702. The van der Waals surface area contributed by atoms with Crippen molar-refractivity contribution in [1.82, 2.24) is 0 Å². The highest BCUT2D eigenvalue weighted by molar-refractivity contribution is 8.00. The summed E-state index contributed by atoms with van der Waals surface area (Å²) in [5, 5.41) is 0. The Balaban J connectivity index is 1.69. The zero-order valence-electron chi connectivity index (χ0n) is 14.6. The number of fused-ring (bicyclic) bond motifs is 6. The summed E-state index contributed by atoms with van der Waals surface area (Å²) in [5.74, 6) is 0.415. The fourth-order valence-electron chi connectivity index (χ4n) is 7.04. The van der Waals surface area contributed by atoms with Crippen LogP contribution < -0.4 is 0 Å². The summed E-state index contributed by atoms with van der Waals surface area (Å²) in [5.41, 5.74) is -1.31. The number of hydrogen-bond donors (Lipinski definition) is 0. The van der Waals surface area contributed by atoms with Crippen LogP contribution in [0.4, 0.5) is 4.39 Å². The van der Waals surface area contributed by atoms with Crippen LogP contribution in [0, 0.1) is 17.3 Å². The molecule has 1 aliphatic heterocycles. The van der Waals surface area contributed by atoms with Gasteiger partial charge in [-0.15, -0.1) is 0 Å². The number of thioether (sulfide) groups is 1. The van der Waals surface area contributed by atoms with Gasteiger partial charge in [0.25, 0.3) is 0 Å². The number of allylic oxidation sites excluding steroid dienone is 4. The minimum absolute atomic E-state index is 0.000354. The lowest BCUT2D eigenvalue weighted by Crippen LogP contribution is -2.65. The van der Waals surface area contributed by atoms with Gasteiger partial charge >= 0.3 is 0 Å². The van der Waals surface area contributed by atoms with Crippen molar-refractivity contribution in [1.29, 1.82) is 0 Å². The summed E-state index contributed by atoms with van der Waals surface area (Å²) < 4.78 is 23.6. The highest BCUT2D eigenvalue weighted by Crippen LogP contribution is 2.74. The second-order valence-electron chi connectivity index (χ2n) is 8.80. The van der Waals surface area contributed by atoms with Gasteiger partial charge in [-0.2, -0.15) is 11.8 Å². The molecule has 5 aliphatic rings. The Kier molecular flexibility index (Phi) is 2.85. The molecule has 0 aromatic heterocycles. The second kappa shape index (κ2) is 4.37. The van der Waals surface area contributed by atoms with Crippen LogP contribution >= 0.6 is 11.8 Å². The summed E-state index contributed by atoms with van der Waals surface area (Å²) in [4.78, 5) is 11.8. The van der Waals surface area contributed by atoms with Gasteiger partial charge in [-0.05, 0) is 70.3 Å². The van der Waals surface area contributed by atoms with Gasteiger partial charge in [0, 0.05) is 11.3 Å². The molecule has 0 radical (unpaired) electrons. The van der Waals surface area contributed by atoms with Crippen LogP contribution in [0.15, 0.2) is 23.8 Å². The normalized spacial score (nSPS) is 57.6. The molecular weight excluding hydrogens is 323 g/mol. The molecule has 4 fully saturated rings. The van der Waals surface area contributed by atoms with Crippen LogP contribution in [0.2, 0.25) is 0 Å². The van der Waals surface area contributed by atoms with E-state index >= 15 is 4.39 Å². The van der Waals surface area contributed by atoms with Crippen molar-refractivity contribution in [2.24, 2.45) is 17.3 Å². The highest BCUT2D eigenvalue weighted by atomic mass is 32.2.